The molecule has 1 rings (SSSR count). The van der Waals surface area contributed by atoms with E-state index < -0.39 is 0 Å². The Bertz CT molecular complexity index is 178. The summed E-state index contributed by atoms with van der Waals surface area (Å²) in [4.78, 5) is 0. The highest BCUT2D eigenvalue weighted by Gasteiger charge is 2.32. The normalized spacial score (nSPS) is 19.8. The first-order chi connectivity index (χ1) is 6.22. The third-order valence-electron chi connectivity index (χ3n) is 2.65. The Hall–Kier alpha value is -0.0000000000000000486. The van der Waals surface area contributed by atoms with Gasteiger partial charge in [0.15, 0.2) is 5.11 Å². The summed E-state index contributed by atoms with van der Waals surface area (Å²) in [7, 11) is 0. The van der Waals surface area contributed by atoms with E-state index >= 15 is 0 Å². The van der Waals surface area contributed by atoms with E-state index in [0.29, 0.717) is 9.86 Å². The van der Waals surface area contributed by atoms with Gasteiger partial charge in [-0.2, -0.15) is 11.8 Å². The Morgan fingerprint density at radius 1 is 1.54 bits per heavy atom. The van der Waals surface area contributed by atoms with Crippen LogP contribution in [0.5, 0.6) is 0 Å². The molecule has 0 aliphatic heterocycles. The third kappa shape index (κ3) is 3.00. The molecule has 1 aliphatic carbocycles. The van der Waals surface area contributed by atoms with E-state index in [1.807, 2.05) is 11.8 Å². The van der Waals surface area contributed by atoms with E-state index in [-0.39, 0.29) is 0 Å². The van der Waals surface area contributed by atoms with Gasteiger partial charge in [-0.15, -0.1) is 0 Å². The molecule has 1 fully saturated rings. The van der Waals surface area contributed by atoms with E-state index in [1.165, 1.54) is 25.7 Å². The lowest BCUT2D eigenvalue weighted by Gasteiger charge is -2.27. The number of rotatable bonds is 3. The van der Waals surface area contributed by atoms with Crippen molar-refractivity contribution in [2.24, 2.45) is 5.84 Å². The van der Waals surface area contributed by atoms with Crippen LogP contribution in [0, 0.1) is 0 Å². The Kier molecular flexibility index (Phi) is 4.28. The Labute approximate surface area is 89.2 Å². The Morgan fingerprint density at radius 2 is 2.15 bits per heavy atom. The zero-order valence-corrected chi connectivity index (χ0v) is 9.56. The number of hydrogen-bond donors (Lipinski definition) is 3. The maximum absolute atomic E-state index is 5.18. The minimum Gasteiger partial charge on any atom is -0.360 e. The average molecular weight is 219 g/mol. The van der Waals surface area contributed by atoms with E-state index in [0.717, 1.165) is 6.54 Å². The predicted octanol–water partition coefficient (Wildman–Crippen LogP) is 1.00. The molecule has 0 atom stereocenters. The molecular formula is C8H17N3S2. The van der Waals surface area contributed by atoms with Gasteiger partial charge in [0.05, 0.1) is 0 Å². The summed E-state index contributed by atoms with van der Waals surface area (Å²) in [6.45, 7) is 0.928. The van der Waals surface area contributed by atoms with Crippen LogP contribution in [0.3, 0.4) is 0 Å². The second kappa shape index (κ2) is 5.02. The van der Waals surface area contributed by atoms with Crippen LogP contribution in [-0.4, -0.2) is 22.7 Å². The van der Waals surface area contributed by atoms with Gasteiger partial charge in [0.2, 0.25) is 0 Å². The van der Waals surface area contributed by atoms with Crippen LogP contribution in [0.4, 0.5) is 0 Å². The molecule has 0 radical (unpaired) electrons. The minimum atomic E-state index is 0.390. The van der Waals surface area contributed by atoms with Crippen molar-refractivity contribution in [3.8, 4) is 0 Å². The second-order valence-corrected chi connectivity index (χ2v) is 5.10. The van der Waals surface area contributed by atoms with Crippen LogP contribution < -0.4 is 16.6 Å². The molecule has 0 spiro atoms. The number of hydrogen-bond acceptors (Lipinski definition) is 3. The molecule has 0 aromatic carbocycles. The largest absolute Gasteiger partial charge is 0.360 e. The number of nitrogens with one attached hydrogen (secondary N) is 2. The monoisotopic (exact) mass is 219 g/mol. The molecule has 0 bridgehead atoms. The number of thioether (sulfide) groups is 1. The van der Waals surface area contributed by atoms with Crippen molar-refractivity contribution < 1.29 is 0 Å². The van der Waals surface area contributed by atoms with Gasteiger partial charge in [0.1, 0.15) is 0 Å². The highest BCUT2D eigenvalue weighted by Crippen LogP contribution is 2.39. The van der Waals surface area contributed by atoms with Crippen molar-refractivity contribution in [3.05, 3.63) is 0 Å². The van der Waals surface area contributed by atoms with Crippen molar-refractivity contribution in [2.45, 2.75) is 30.4 Å². The fraction of sp³-hybridized carbons (Fsp3) is 0.875. The Balaban J connectivity index is 2.35. The number of thiocarbonyl (C=S) groups is 1. The van der Waals surface area contributed by atoms with Crippen LogP contribution in [0.2, 0.25) is 0 Å². The van der Waals surface area contributed by atoms with E-state index in [4.69, 9.17) is 18.1 Å². The van der Waals surface area contributed by atoms with Crippen LogP contribution >= 0.6 is 24.0 Å². The standard InChI is InChI=1S/C8H17N3S2/c1-13-8(4-2-3-5-8)6-10-7(12)11-9/h2-6,9H2,1H3,(H2,10,11,12). The minimum absolute atomic E-state index is 0.390. The van der Waals surface area contributed by atoms with E-state index in [1.54, 1.807) is 0 Å². The molecule has 1 aliphatic rings. The number of hydrazine groups is 1. The molecular weight excluding hydrogens is 202 g/mol. The van der Waals surface area contributed by atoms with Gasteiger partial charge in [0.25, 0.3) is 0 Å². The molecule has 0 amide bonds. The summed E-state index contributed by atoms with van der Waals surface area (Å²) in [5, 5.41) is 3.68. The van der Waals surface area contributed by atoms with Crippen molar-refractivity contribution in [2.75, 3.05) is 12.8 Å². The van der Waals surface area contributed by atoms with Crippen LogP contribution in [0.15, 0.2) is 0 Å². The summed E-state index contributed by atoms with van der Waals surface area (Å²) in [6, 6.07) is 0. The lowest BCUT2D eigenvalue weighted by atomic mass is 10.1. The summed E-state index contributed by atoms with van der Waals surface area (Å²) < 4.78 is 0.390. The van der Waals surface area contributed by atoms with Crippen molar-refractivity contribution in [3.63, 3.8) is 0 Å². The lowest BCUT2D eigenvalue weighted by molar-refractivity contribution is 0.588. The van der Waals surface area contributed by atoms with Crippen LogP contribution in [0.25, 0.3) is 0 Å². The molecule has 0 aromatic rings. The molecule has 0 aromatic heterocycles. The number of nitrogens with two attached hydrogens (primary N) is 1. The molecule has 13 heavy (non-hydrogen) atoms. The summed E-state index contributed by atoms with van der Waals surface area (Å²) >= 11 is 6.87. The maximum atomic E-state index is 5.18. The highest BCUT2D eigenvalue weighted by atomic mass is 32.2. The summed E-state index contributed by atoms with van der Waals surface area (Å²) in [6.07, 6.45) is 7.42. The zero-order valence-electron chi connectivity index (χ0n) is 7.93. The van der Waals surface area contributed by atoms with Gasteiger partial charge < -0.3 is 10.7 Å². The van der Waals surface area contributed by atoms with Gasteiger partial charge in [-0.1, -0.05) is 12.8 Å². The van der Waals surface area contributed by atoms with Gasteiger partial charge in [-0.25, -0.2) is 5.84 Å². The van der Waals surface area contributed by atoms with Crippen LogP contribution in [-0.2, 0) is 0 Å². The SMILES string of the molecule is CSC1(CNC(=S)NN)CCCC1. The molecule has 0 heterocycles. The molecule has 76 valence electrons. The first-order valence-corrected chi connectivity index (χ1v) is 6.15. The van der Waals surface area contributed by atoms with Gasteiger partial charge >= 0.3 is 0 Å². The summed E-state index contributed by atoms with van der Waals surface area (Å²) in [5.74, 6) is 5.18. The third-order valence-corrected chi connectivity index (χ3v) is 4.33. The fourth-order valence-corrected chi connectivity index (χ4v) is 2.75. The first kappa shape index (κ1) is 11.1. The molecule has 3 nitrogen and oxygen atoms in total. The van der Waals surface area contributed by atoms with Crippen molar-refractivity contribution in [1.29, 1.82) is 0 Å². The summed E-state index contributed by atoms with van der Waals surface area (Å²) in [5.41, 5.74) is 2.44. The molecule has 1 saturated carbocycles. The maximum Gasteiger partial charge on any atom is 0.180 e. The lowest BCUT2D eigenvalue weighted by Crippen LogP contribution is -2.45. The predicted molar refractivity (Wildman–Crippen MR) is 62.6 cm³/mol. The quantitative estimate of drug-likeness (QED) is 0.376. The van der Waals surface area contributed by atoms with Crippen molar-refractivity contribution in [1.82, 2.24) is 10.7 Å². The molecule has 0 unspecified atom stereocenters. The van der Waals surface area contributed by atoms with Gasteiger partial charge in [-0.05, 0) is 31.3 Å². The molecule has 0 saturated heterocycles. The smallest absolute Gasteiger partial charge is 0.180 e. The van der Waals surface area contributed by atoms with Gasteiger partial charge in [-0.3, -0.25) is 0 Å². The van der Waals surface area contributed by atoms with Crippen LogP contribution in [0.1, 0.15) is 25.7 Å². The first-order valence-electron chi connectivity index (χ1n) is 4.52. The fourth-order valence-electron chi connectivity index (χ4n) is 1.76. The van der Waals surface area contributed by atoms with E-state index in [9.17, 15) is 0 Å². The second-order valence-electron chi connectivity index (χ2n) is 3.42. The van der Waals surface area contributed by atoms with Gasteiger partial charge in [0, 0.05) is 11.3 Å². The van der Waals surface area contributed by atoms with Crippen molar-refractivity contribution >= 4 is 29.1 Å². The topological polar surface area (TPSA) is 50.1 Å². The zero-order chi connectivity index (χ0) is 9.73. The average Bonchev–Trinajstić information content (AvgIpc) is 2.63. The molecule has 4 N–H and O–H groups in total. The Morgan fingerprint density at radius 3 is 2.62 bits per heavy atom. The molecule has 5 heteroatoms. The van der Waals surface area contributed by atoms with E-state index in [2.05, 4.69) is 17.0 Å². The highest BCUT2D eigenvalue weighted by molar-refractivity contribution is 8.00.